The van der Waals surface area contributed by atoms with E-state index < -0.39 is 0 Å². The number of benzene rings is 4. The van der Waals surface area contributed by atoms with Crippen LogP contribution in [-0.2, 0) is 0 Å². The summed E-state index contributed by atoms with van der Waals surface area (Å²) in [6.45, 7) is 0. The second-order valence-electron chi connectivity index (χ2n) is 21.6. The van der Waals surface area contributed by atoms with Crippen molar-refractivity contribution in [2.75, 3.05) is 0 Å². The molecule has 0 atom stereocenters. The monoisotopic (exact) mass is 1560 g/mol. The van der Waals surface area contributed by atoms with Gasteiger partial charge in [-0.1, -0.05) is 82.1 Å². The van der Waals surface area contributed by atoms with Gasteiger partial charge in [-0.2, -0.15) is 0 Å². The summed E-state index contributed by atoms with van der Waals surface area (Å²) in [5.41, 5.74) is 16.3. The number of aromatic amines is 1. The van der Waals surface area contributed by atoms with Crippen LogP contribution in [0.15, 0.2) is 300 Å². The van der Waals surface area contributed by atoms with Gasteiger partial charge < -0.3 is 18.5 Å². The third kappa shape index (κ3) is 12.3. The van der Waals surface area contributed by atoms with Crippen LogP contribution in [0.3, 0.4) is 0 Å². The maximum atomic E-state index is 6.31. The molecule has 0 bridgehead atoms. The van der Waals surface area contributed by atoms with Crippen LogP contribution in [0.1, 0.15) is 0 Å². The summed E-state index contributed by atoms with van der Waals surface area (Å²) in [5.74, 6) is 1.24. The molecule has 0 aliphatic heterocycles. The lowest BCUT2D eigenvalue weighted by atomic mass is 10.2. The number of aromatic nitrogens is 13. The molecule has 0 fully saturated rings. The van der Waals surface area contributed by atoms with Gasteiger partial charge in [-0.15, -0.1) is 0 Å². The van der Waals surface area contributed by atoms with Gasteiger partial charge in [0, 0.05) is 104 Å². The molecule has 95 heavy (non-hydrogen) atoms. The Hall–Kier alpha value is -10.2. The lowest BCUT2D eigenvalue weighted by Crippen LogP contribution is -1.97. The lowest BCUT2D eigenvalue weighted by Gasteiger charge is -2.12. The topological polar surface area (TPSA) is 147 Å². The fraction of sp³-hybridized carbons (Fsp3) is 0. The normalized spacial score (nSPS) is 11.2. The van der Waals surface area contributed by atoms with Gasteiger partial charge in [0.15, 0.2) is 0 Å². The molecule has 0 aliphatic rings. The molecular weight excluding hydrogens is 1510 g/mol. The van der Waals surface area contributed by atoms with Crippen LogP contribution in [0.5, 0.6) is 11.6 Å². The number of ether oxygens (including phenoxy) is 1. The van der Waals surface area contributed by atoms with E-state index in [0.717, 1.165) is 117 Å². The Morgan fingerprint density at radius 3 is 1.51 bits per heavy atom. The van der Waals surface area contributed by atoms with Gasteiger partial charge in [-0.25, -0.2) is 29.9 Å². The summed E-state index contributed by atoms with van der Waals surface area (Å²) in [5, 5.41) is 7.37. The zero-order valence-electron chi connectivity index (χ0n) is 49.8. The largest absolute Gasteiger partial charge is 0.439 e. The average Bonchev–Trinajstić information content (AvgIpc) is 1.77. The maximum absolute atomic E-state index is 6.31. The number of rotatable bonds is 5. The summed E-state index contributed by atoms with van der Waals surface area (Å²) in [6.07, 6.45) is 14.9. The van der Waals surface area contributed by atoms with E-state index in [9.17, 15) is 0 Å². The lowest BCUT2D eigenvalue weighted by molar-refractivity contribution is 0.465. The van der Waals surface area contributed by atoms with E-state index in [1.807, 2.05) is 171 Å². The van der Waals surface area contributed by atoms with Crippen LogP contribution < -0.4 is 4.74 Å². The summed E-state index contributed by atoms with van der Waals surface area (Å²) in [4.78, 5) is 39.1. The molecule has 19 aromatic rings. The Morgan fingerprint density at radius 1 is 0.389 bits per heavy atom. The maximum Gasteiger partial charge on any atom is 0.219 e. The van der Waals surface area contributed by atoms with Crippen molar-refractivity contribution in [3.8, 4) is 34.4 Å². The Morgan fingerprint density at radius 2 is 0.905 bits per heavy atom. The number of hydrogen-bond donors (Lipinski definition) is 1. The Labute approximate surface area is 586 Å². The molecule has 0 spiro atoms. The van der Waals surface area contributed by atoms with Crippen molar-refractivity contribution in [1.29, 1.82) is 0 Å². The van der Waals surface area contributed by atoms with E-state index in [4.69, 9.17) is 26.3 Å². The molecule has 0 saturated carbocycles. The fourth-order valence-electron chi connectivity index (χ4n) is 11.8. The van der Waals surface area contributed by atoms with Gasteiger partial charge in [-0.05, 0) is 224 Å². The van der Waals surface area contributed by atoms with Crippen molar-refractivity contribution in [3.05, 3.63) is 309 Å². The van der Waals surface area contributed by atoms with E-state index in [1.165, 1.54) is 21.7 Å². The quantitative estimate of drug-likeness (QED) is 0.101. The van der Waals surface area contributed by atoms with Crippen molar-refractivity contribution < 1.29 is 4.74 Å². The van der Waals surface area contributed by atoms with Gasteiger partial charge in [0.25, 0.3) is 0 Å². The number of nitrogens with one attached hydrogen (secondary N) is 1. The number of pyridine rings is 10. The highest BCUT2D eigenvalue weighted by atomic mass is 127. The third-order valence-corrected chi connectivity index (χ3v) is 18.7. The molecule has 14 nitrogen and oxygen atoms in total. The summed E-state index contributed by atoms with van der Waals surface area (Å²) >= 11 is 18.0. The molecule has 4 aromatic carbocycles. The first-order chi connectivity index (χ1) is 46.7. The molecule has 0 radical (unpaired) electrons. The van der Waals surface area contributed by atoms with Crippen LogP contribution in [0.4, 0.5) is 0 Å². The smallest absolute Gasteiger partial charge is 0.219 e. The van der Waals surface area contributed by atoms with Crippen molar-refractivity contribution in [2.45, 2.75) is 0 Å². The predicted octanol–water partition coefficient (Wildman–Crippen LogP) is 21.2. The zero-order chi connectivity index (χ0) is 64.4. The van der Waals surface area contributed by atoms with Crippen molar-refractivity contribution in [1.82, 2.24) is 62.8 Å². The number of hydrogen-bond acceptors (Lipinski definition) is 9. The fourth-order valence-corrected chi connectivity index (χ4v) is 13.3. The molecule has 0 amide bonds. The molecular formula is C76H48Br3ClIN13O. The van der Waals surface area contributed by atoms with Crippen LogP contribution >= 0.6 is 82.0 Å². The number of halogens is 5. The van der Waals surface area contributed by atoms with Crippen LogP contribution in [-0.4, -0.2) is 62.8 Å². The summed E-state index contributed by atoms with van der Waals surface area (Å²) in [6, 6.07) is 79.1. The first kappa shape index (κ1) is 61.0. The molecule has 15 heterocycles. The van der Waals surface area contributed by atoms with Crippen LogP contribution in [0.2, 0.25) is 5.15 Å². The average molecular weight is 1560 g/mol. The number of fused-ring (bicyclic) bond motifs is 18. The van der Waals surface area contributed by atoms with E-state index >= 15 is 0 Å². The second kappa shape index (κ2) is 27.0. The van der Waals surface area contributed by atoms with Gasteiger partial charge >= 0.3 is 0 Å². The predicted molar refractivity (Wildman–Crippen MR) is 402 cm³/mol. The summed E-state index contributed by atoms with van der Waals surface area (Å²) in [7, 11) is 0. The highest BCUT2D eigenvalue weighted by molar-refractivity contribution is 14.1. The SMILES string of the molecule is Brc1ccc2c3ncccc3n3cccc3c2n1.Brc1cccc(-c2ccc[nH]2)n1.Brc1cccc(-n2c3ccccc3c3cccnc32)c1.Clc1ncccc1I.c1cc(Oc2ccc3c4ncccc4n4cccc4c3n2)cc(-n2c3ccccc3c3cccnc32)c1. The first-order valence-corrected chi connectivity index (χ1v) is 33.7. The molecule has 0 unspecified atom stereocenters. The minimum absolute atomic E-state index is 0.531. The molecule has 15 aromatic heterocycles. The van der Waals surface area contributed by atoms with E-state index in [0.29, 0.717) is 16.8 Å². The Kier molecular flexibility index (Phi) is 17.3. The standard InChI is InChI=1S/C31H19N5O.C17H11BrN2.C14H8BrN3.C9H7BrN2.C5H3ClIN/c1-2-11-25-22(9-1)23-10-4-17-33-31(23)36(25)20-7-3-8-21(19-20)37-28-15-14-24-29-26(12-5-16-32-29)35-18-6-13-27(35)30(24)34-28;18-12-5-3-6-13(11-12)20-16-9-2-1-7-14(16)15-8-4-10-19-17(15)20;15-12-6-5-9-13-10(3-1-7-16-13)18-8-2-4-11(18)14(9)17-12;10-9-5-1-3-8(12-9)7-4-2-6-11-7;6-5-4(7)2-1-3-8-5/h1-19H;1-11H;1-8H;1-6,11H;1-3H. The van der Waals surface area contributed by atoms with E-state index in [1.54, 1.807) is 6.20 Å². The summed E-state index contributed by atoms with van der Waals surface area (Å²) < 4.78 is 18.7. The number of H-pyrrole nitrogens is 1. The van der Waals surface area contributed by atoms with Gasteiger partial charge in [-0.3, -0.25) is 19.1 Å². The van der Waals surface area contributed by atoms with Gasteiger partial charge in [0.2, 0.25) is 5.88 Å². The van der Waals surface area contributed by atoms with Crippen LogP contribution in [0, 0.1) is 3.57 Å². The first-order valence-electron chi connectivity index (χ1n) is 29.9. The zero-order valence-corrected chi connectivity index (χ0v) is 57.5. The molecule has 19 rings (SSSR count). The third-order valence-electron chi connectivity index (χ3n) is 15.9. The minimum atomic E-state index is 0.531. The number of nitrogens with zero attached hydrogens (tertiary/aromatic N) is 12. The van der Waals surface area contributed by atoms with Gasteiger partial charge in [0.1, 0.15) is 36.9 Å². The Bertz CT molecular complexity index is 5910. The molecule has 1 N–H and O–H groups in total. The van der Waals surface area contributed by atoms with Crippen molar-refractivity contribution in [2.24, 2.45) is 0 Å². The Balaban J connectivity index is 0.000000108. The molecule has 0 saturated heterocycles. The van der Waals surface area contributed by atoms with E-state index in [-0.39, 0.29) is 0 Å². The van der Waals surface area contributed by atoms with Gasteiger partial charge in [0.05, 0.1) is 70.3 Å². The van der Waals surface area contributed by atoms with E-state index in [2.05, 4.69) is 232 Å². The van der Waals surface area contributed by atoms with Crippen LogP contribution in [0.25, 0.3) is 122 Å². The molecule has 19 heteroatoms. The second-order valence-corrected chi connectivity index (χ2v) is 25.6. The molecule has 458 valence electrons. The minimum Gasteiger partial charge on any atom is -0.439 e. The highest BCUT2D eigenvalue weighted by Gasteiger charge is 2.17. The highest BCUT2D eigenvalue weighted by Crippen LogP contribution is 2.36. The molecule has 0 aliphatic carbocycles. The number of para-hydroxylation sites is 2. The van der Waals surface area contributed by atoms with Crippen molar-refractivity contribution >= 4 is 181 Å². The van der Waals surface area contributed by atoms with Crippen molar-refractivity contribution in [3.63, 3.8) is 0 Å².